The third kappa shape index (κ3) is 2.54. The average Bonchev–Trinajstić information content (AvgIpc) is 2.95. The highest BCUT2D eigenvalue weighted by Gasteiger charge is 2.19. The van der Waals surface area contributed by atoms with Crippen molar-refractivity contribution in [1.29, 1.82) is 0 Å². The van der Waals surface area contributed by atoms with Gasteiger partial charge in [-0.1, -0.05) is 0 Å². The fourth-order valence-electron chi connectivity index (χ4n) is 2.61. The van der Waals surface area contributed by atoms with E-state index in [0.29, 0.717) is 30.4 Å². The second-order valence-corrected chi connectivity index (χ2v) is 7.17. The molecule has 2 heterocycles. The summed E-state index contributed by atoms with van der Waals surface area (Å²) in [4.78, 5) is 0.121. The molecule has 1 aliphatic rings. The number of sulfonamides is 1. The first-order valence-corrected chi connectivity index (χ1v) is 8.88. The van der Waals surface area contributed by atoms with Crippen LogP contribution in [-0.2, 0) is 10.0 Å². The Labute approximate surface area is 138 Å². The summed E-state index contributed by atoms with van der Waals surface area (Å²) in [5.74, 6) is 0.987. The van der Waals surface area contributed by atoms with E-state index in [0.717, 1.165) is 16.6 Å². The molecule has 0 unspecified atom stereocenters. The van der Waals surface area contributed by atoms with E-state index >= 15 is 0 Å². The molecule has 0 fully saturated rings. The predicted octanol–water partition coefficient (Wildman–Crippen LogP) is 2.44. The summed E-state index contributed by atoms with van der Waals surface area (Å²) in [5.41, 5.74) is 2.14. The number of fused-ring (bicyclic) bond motifs is 2. The molecule has 0 bridgehead atoms. The van der Waals surface area contributed by atoms with Gasteiger partial charge in [0, 0.05) is 22.8 Å². The van der Waals surface area contributed by atoms with E-state index in [1.54, 1.807) is 24.3 Å². The van der Waals surface area contributed by atoms with Crippen molar-refractivity contribution in [3.63, 3.8) is 0 Å². The fraction of sp³-hybridized carbons (Fsp3) is 0.188. The minimum absolute atomic E-state index is 0.121. The molecule has 0 saturated carbocycles. The third-order valence-corrected chi connectivity index (χ3v) is 5.20. The highest BCUT2D eigenvalue weighted by Crippen LogP contribution is 2.33. The van der Waals surface area contributed by atoms with Gasteiger partial charge in [-0.3, -0.25) is 9.82 Å². The Bertz CT molecular complexity index is 1030. The standard InChI is InChI=1S/C16H15N3O4S/c1-10-13-8-11(2-4-14(13)18-17-10)19-24(20,21)12-3-5-15-16(9-12)23-7-6-22-15/h2-5,8-9,19H,6-7H2,1H3,(H,17,18). The average molecular weight is 345 g/mol. The number of rotatable bonds is 3. The van der Waals surface area contributed by atoms with E-state index < -0.39 is 10.0 Å². The normalized spacial score (nSPS) is 13.9. The first-order chi connectivity index (χ1) is 11.5. The van der Waals surface area contributed by atoms with Crippen LogP contribution in [0.15, 0.2) is 41.3 Å². The number of aryl methyl sites for hydroxylation is 1. The van der Waals surface area contributed by atoms with E-state index in [1.165, 1.54) is 12.1 Å². The molecule has 1 aromatic heterocycles. The summed E-state index contributed by atoms with van der Waals surface area (Å²) in [7, 11) is -3.73. The molecule has 124 valence electrons. The molecule has 4 rings (SSSR count). The van der Waals surface area contributed by atoms with Crippen molar-refractivity contribution < 1.29 is 17.9 Å². The predicted molar refractivity (Wildman–Crippen MR) is 89.1 cm³/mol. The van der Waals surface area contributed by atoms with Crippen LogP contribution in [0.1, 0.15) is 5.69 Å². The Morgan fingerprint density at radius 3 is 2.71 bits per heavy atom. The number of hydrogen-bond donors (Lipinski definition) is 2. The maximum atomic E-state index is 12.6. The van der Waals surface area contributed by atoms with Crippen LogP contribution in [0.5, 0.6) is 11.5 Å². The Kier molecular flexibility index (Phi) is 3.34. The quantitative estimate of drug-likeness (QED) is 0.760. The molecule has 0 spiro atoms. The second kappa shape index (κ2) is 5.41. The molecule has 0 aliphatic carbocycles. The van der Waals surface area contributed by atoms with Gasteiger partial charge in [0.25, 0.3) is 10.0 Å². The van der Waals surface area contributed by atoms with Crippen LogP contribution in [0.2, 0.25) is 0 Å². The molecule has 24 heavy (non-hydrogen) atoms. The van der Waals surface area contributed by atoms with Crippen LogP contribution in [0.25, 0.3) is 10.9 Å². The lowest BCUT2D eigenvalue weighted by Gasteiger charge is -2.19. The maximum Gasteiger partial charge on any atom is 0.262 e. The first kappa shape index (κ1) is 14.8. The van der Waals surface area contributed by atoms with Gasteiger partial charge in [0.1, 0.15) is 13.2 Å². The summed E-state index contributed by atoms with van der Waals surface area (Å²) in [6.07, 6.45) is 0. The maximum absolute atomic E-state index is 12.6. The summed E-state index contributed by atoms with van der Waals surface area (Å²) in [5, 5.41) is 7.88. The number of ether oxygens (including phenoxy) is 2. The number of hydrogen-bond acceptors (Lipinski definition) is 5. The van der Waals surface area contributed by atoms with Crippen molar-refractivity contribution in [3.8, 4) is 11.5 Å². The van der Waals surface area contributed by atoms with Crippen molar-refractivity contribution in [3.05, 3.63) is 42.1 Å². The Morgan fingerprint density at radius 1 is 1.08 bits per heavy atom. The fourth-order valence-corrected chi connectivity index (χ4v) is 3.67. The lowest BCUT2D eigenvalue weighted by atomic mass is 10.2. The van der Waals surface area contributed by atoms with Gasteiger partial charge in [-0.2, -0.15) is 5.10 Å². The molecular formula is C16H15N3O4S. The van der Waals surface area contributed by atoms with E-state index in [4.69, 9.17) is 9.47 Å². The summed E-state index contributed by atoms with van der Waals surface area (Å²) in [6.45, 7) is 2.75. The van der Waals surface area contributed by atoms with E-state index in [2.05, 4.69) is 14.9 Å². The van der Waals surface area contributed by atoms with E-state index in [1.807, 2.05) is 6.92 Å². The van der Waals surface area contributed by atoms with Gasteiger partial charge in [0.15, 0.2) is 11.5 Å². The van der Waals surface area contributed by atoms with Gasteiger partial charge in [-0.05, 0) is 37.3 Å². The molecule has 3 aromatic rings. The smallest absolute Gasteiger partial charge is 0.262 e. The summed E-state index contributed by atoms with van der Waals surface area (Å²) >= 11 is 0. The van der Waals surface area contributed by atoms with Crippen LogP contribution in [-0.4, -0.2) is 31.8 Å². The minimum atomic E-state index is -3.73. The van der Waals surface area contributed by atoms with Crippen molar-refractivity contribution in [1.82, 2.24) is 10.2 Å². The van der Waals surface area contributed by atoms with Crippen molar-refractivity contribution in [2.45, 2.75) is 11.8 Å². The van der Waals surface area contributed by atoms with Crippen LogP contribution < -0.4 is 14.2 Å². The zero-order valence-electron chi connectivity index (χ0n) is 12.9. The monoisotopic (exact) mass is 345 g/mol. The van der Waals surface area contributed by atoms with E-state index in [9.17, 15) is 8.42 Å². The number of nitrogens with one attached hydrogen (secondary N) is 2. The van der Waals surface area contributed by atoms with Gasteiger partial charge < -0.3 is 9.47 Å². The lowest BCUT2D eigenvalue weighted by Crippen LogP contribution is -2.17. The SMILES string of the molecule is Cc1[nH]nc2ccc(NS(=O)(=O)c3ccc4c(c3)OCCO4)cc12. The van der Waals surface area contributed by atoms with Crippen LogP contribution in [0.4, 0.5) is 5.69 Å². The molecule has 0 radical (unpaired) electrons. The van der Waals surface area contributed by atoms with Crippen LogP contribution in [0.3, 0.4) is 0 Å². The third-order valence-electron chi connectivity index (χ3n) is 3.82. The molecule has 1 aliphatic heterocycles. The largest absolute Gasteiger partial charge is 0.486 e. The Balaban J connectivity index is 1.68. The van der Waals surface area contributed by atoms with Gasteiger partial charge in [0.05, 0.1) is 10.4 Å². The van der Waals surface area contributed by atoms with Crippen LogP contribution >= 0.6 is 0 Å². The van der Waals surface area contributed by atoms with E-state index in [-0.39, 0.29) is 4.90 Å². The Hall–Kier alpha value is -2.74. The van der Waals surface area contributed by atoms with Crippen molar-refractivity contribution in [2.24, 2.45) is 0 Å². The number of benzene rings is 2. The summed E-state index contributed by atoms with van der Waals surface area (Å²) in [6, 6.07) is 9.77. The highest BCUT2D eigenvalue weighted by molar-refractivity contribution is 7.92. The Morgan fingerprint density at radius 2 is 1.88 bits per heavy atom. The minimum Gasteiger partial charge on any atom is -0.486 e. The lowest BCUT2D eigenvalue weighted by molar-refractivity contribution is 0.171. The number of aromatic nitrogens is 2. The van der Waals surface area contributed by atoms with Gasteiger partial charge >= 0.3 is 0 Å². The molecule has 2 N–H and O–H groups in total. The molecular weight excluding hydrogens is 330 g/mol. The molecule has 2 aromatic carbocycles. The van der Waals surface area contributed by atoms with Gasteiger partial charge in [-0.25, -0.2) is 8.42 Å². The molecule has 0 amide bonds. The number of H-pyrrole nitrogens is 1. The summed E-state index contributed by atoms with van der Waals surface area (Å²) < 4.78 is 38.7. The molecule has 7 nitrogen and oxygen atoms in total. The van der Waals surface area contributed by atoms with Crippen LogP contribution in [0, 0.1) is 6.92 Å². The highest BCUT2D eigenvalue weighted by atomic mass is 32.2. The van der Waals surface area contributed by atoms with Gasteiger partial charge in [0.2, 0.25) is 0 Å². The van der Waals surface area contributed by atoms with Crippen molar-refractivity contribution >= 4 is 26.6 Å². The molecule has 0 saturated heterocycles. The zero-order valence-corrected chi connectivity index (χ0v) is 13.7. The molecule has 8 heteroatoms. The topological polar surface area (TPSA) is 93.3 Å². The first-order valence-electron chi connectivity index (χ1n) is 7.40. The number of anilines is 1. The molecule has 0 atom stereocenters. The van der Waals surface area contributed by atoms with Crippen molar-refractivity contribution in [2.75, 3.05) is 17.9 Å². The number of nitrogens with zero attached hydrogens (tertiary/aromatic N) is 1. The zero-order chi connectivity index (χ0) is 16.7. The van der Waals surface area contributed by atoms with Gasteiger partial charge in [-0.15, -0.1) is 0 Å². The second-order valence-electron chi connectivity index (χ2n) is 5.49. The number of aromatic amines is 1.